The zero-order chi connectivity index (χ0) is 18.8. The number of aromatic nitrogens is 1. The molecule has 1 aromatic rings. The number of carbonyl (C=O) groups is 1. The summed E-state index contributed by atoms with van der Waals surface area (Å²) in [6, 6.07) is 0. The molecule has 0 radical (unpaired) electrons. The first kappa shape index (κ1) is 22.7. The monoisotopic (exact) mass is 416 g/mol. The van der Waals surface area contributed by atoms with Crippen molar-refractivity contribution in [3.63, 3.8) is 0 Å². The normalized spacial score (nSPS) is 17.0. The summed E-state index contributed by atoms with van der Waals surface area (Å²) < 4.78 is 57.7. The predicted molar refractivity (Wildman–Crippen MR) is 91.7 cm³/mol. The van der Waals surface area contributed by atoms with E-state index in [1.54, 1.807) is 6.92 Å². The van der Waals surface area contributed by atoms with Gasteiger partial charge in [-0.1, -0.05) is 5.16 Å². The highest BCUT2D eigenvalue weighted by atomic mass is 35.5. The van der Waals surface area contributed by atoms with E-state index in [0.717, 1.165) is 0 Å². The zero-order valence-electron chi connectivity index (χ0n) is 14.5. The highest BCUT2D eigenvalue weighted by Crippen LogP contribution is 2.27. The van der Waals surface area contributed by atoms with Gasteiger partial charge < -0.3 is 15.6 Å². The first-order valence-corrected chi connectivity index (χ1v) is 9.31. The molecule has 2 rings (SSSR count). The van der Waals surface area contributed by atoms with Gasteiger partial charge in [0.1, 0.15) is 10.6 Å². The number of sulfonamides is 1. The quantitative estimate of drug-likeness (QED) is 0.708. The Morgan fingerprint density at radius 3 is 2.42 bits per heavy atom. The summed E-state index contributed by atoms with van der Waals surface area (Å²) in [4.78, 5) is 12.0. The number of aryl methyl sites for hydroxylation is 2. The van der Waals surface area contributed by atoms with E-state index in [-0.39, 0.29) is 54.7 Å². The molecule has 150 valence electrons. The van der Waals surface area contributed by atoms with Gasteiger partial charge in [-0.05, 0) is 26.7 Å². The summed E-state index contributed by atoms with van der Waals surface area (Å²) in [6.45, 7) is 1.64. The Hall–Kier alpha value is -1.30. The summed E-state index contributed by atoms with van der Waals surface area (Å²) in [7, 11) is -3.76. The van der Waals surface area contributed by atoms with Gasteiger partial charge in [0.2, 0.25) is 15.9 Å². The molecule has 1 aliphatic rings. The first-order valence-electron chi connectivity index (χ1n) is 7.87. The van der Waals surface area contributed by atoms with Gasteiger partial charge >= 0.3 is 0 Å². The molecule has 0 aromatic carbocycles. The Morgan fingerprint density at radius 1 is 1.38 bits per heavy atom. The smallest absolute Gasteiger partial charge is 0.277 e. The number of amides is 1. The fraction of sp³-hybridized carbons (Fsp3) is 0.714. The molecule has 3 N–H and O–H groups in total. The van der Waals surface area contributed by atoms with E-state index in [0.29, 0.717) is 0 Å². The second-order valence-electron chi connectivity index (χ2n) is 6.11. The van der Waals surface area contributed by atoms with Crippen molar-refractivity contribution in [3.05, 3.63) is 11.5 Å². The van der Waals surface area contributed by atoms with Crippen LogP contribution < -0.4 is 11.1 Å². The lowest BCUT2D eigenvalue weighted by Gasteiger charge is -2.30. The Labute approximate surface area is 156 Å². The molecular formula is C14H23ClF2N4O4S. The highest BCUT2D eigenvalue weighted by Gasteiger charge is 2.36. The number of nitrogens with one attached hydrogen (secondary N) is 1. The summed E-state index contributed by atoms with van der Waals surface area (Å²) in [6.07, 6.45) is 0.505. The number of nitrogens with two attached hydrogens (primary N) is 1. The molecule has 0 atom stereocenters. The molecule has 1 saturated heterocycles. The number of hydrogen-bond donors (Lipinski definition) is 2. The zero-order valence-corrected chi connectivity index (χ0v) is 16.1. The third-order valence-electron chi connectivity index (χ3n) is 4.21. The Morgan fingerprint density at radius 2 is 1.96 bits per heavy atom. The van der Waals surface area contributed by atoms with Crippen molar-refractivity contribution in [1.29, 1.82) is 0 Å². The first-order chi connectivity index (χ1) is 11.6. The van der Waals surface area contributed by atoms with Crippen LogP contribution >= 0.6 is 12.4 Å². The standard InChI is InChI=1S/C14H22F2N4O4S.ClH/c1-9-12(10(2)24-19-9)25(22,23)20-5-3-11(4-6-20)13(21)18-8-14(15,16)7-17;/h11H,3-8,17H2,1-2H3,(H,18,21);1H. The number of nitrogens with zero attached hydrogens (tertiary/aromatic N) is 2. The lowest BCUT2D eigenvalue weighted by molar-refractivity contribution is -0.127. The highest BCUT2D eigenvalue weighted by molar-refractivity contribution is 7.89. The van der Waals surface area contributed by atoms with Crippen LogP contribution in [-0.2, 0) is 14.8 Å². The lowest BCUT2D eigenvalue weighted by Crippen LogP contribution is -2.46. The van der Waals surface area contributed by atoms with E-state index in [1.807, 2.05) is 0 Å². The van der Waals surface area contributed by atoms with Crippen LogP contribution in [0.1, 0.15) is 24.3 Å². The van der Waals surface area contributed by atoms with Crippen LogP contribution in [0.5, 0.6) is 0 Å². The van der Waals surface area contributed by atoms with Gasteiger partial charge in [0.05, 0.1) is 13.1 Å². The maximum absolute atomic E-state index is 13.1. The molecule has 12 heteroatoms. The topological polar surface area (TPSA) is 119 Å². The molecule has 26 heavy (non-hydrogen) atoms. The molecule has 2 heterocycles. The van der Waals surface area contributed by atoms with Crippen LogP contribution in [0, 0.1) is 19.8 Å². The van der Waals surface area contributed by atoms with Gasteiger partial charge in [-0.3, -0.25) is 4.79 Å². The number of hydrogen-bond acceptors (Lipinski definition) is 6. The molecule has 0 aliphatic carbocycles. The van der Waals surface area contributed by atoms with E-state index in [9.17, 15) is 22.0 Å². The Kier molecular flexibility index (Phi) is 7.52. The maximum Gasteiger partial charge on any atom is 0.277 e. The number of alkyl halides is 2. The lowest BCUT2D eigenvalue weighted by atomic mass is 9.97. The van der Waals surface area contributed by atoms with Gasteiger partial charge in [-0.2, -0.15) is 4.31 Å². The Balaban J connectivity index is 0.00000338. The van der Waals surface area contributed by atoms with Crippen LogP contribution in [0.15, 0.2) is 9.42 Å². The number of rotatable bonds is 6. The molecule has 1 aliphatic heterocycles. The van der Waals surface area contributed by atoms with Crippen molar-refractivity contribution in [2.45, 2.75) is 37.5 Å². The minimum Gasteiger partial charge on any atom is -0.360 e. The summed E-state index contributed by atoms with van der Waals surface area (Å²) in [5, 5.41) is 5.83. The molecular weight excluding hydrogens is 394 g/mol. The Bertz CT molecular complexity index is 714. The van der Waals surface area contributed by atoms with Gasteiger partial charge in [0.25, 0.3) is 5.92 Å². The van der Waals surface area contributed by atoms with E-state index >= 15 is 0 Å². The molecule has 1 aromatic heterocycles. The third-order valence-corrected chi connectivity index (χ3v) is 6.35. The minimum atomic E-state index is -3.76. The van der Waals surface area contributed by atoms with Crippen LogP contribution in [0.25, 0.3) is 0 Å². The fourth-order valence-corrected chi connectivity index (χ4v) is 4.52. The van der Waals surface area contributed by atoms with Crippen molar-refractivity contribution >= 4 is 28.3 Å². The summed E-state index contributed by atoms with van der Waals surface area (Å²) in [5.41, 5.74) is 5.20. The molecule has 1 amide bonds. The van der Waals surface area contributed by atoms with Gasteiger partial charge in [-0.25, -0.2) is 17.2 Å². The molecule has 0 bridgehead atoms. The van der Waals surface area contributed by atoms with Crippen LogP contribution in [-0.4, -0.2) is 55.9 Å². The summed E-state index contributed by atoms with van der Waals surface area (Å²) >= 11 is 0. The number of carbonyl (C=O) groups excluding carboxylic acids is 1. The van der Waals surface area contributed by atoms with Crippen molar-refractivity contribution in [2.24, 2.45) is 11.7 Å². The fourth-order valence-electron chi connectivity index (χ4n) is 2.76. The van der Waals surface area contributed by atoms with E-state index in [1.165, 1.54) is 11.2 Å². The van der Waals surface area contributed by atoms with Crippen molar-refractivity contribution in [2.75, 3.05) is 26.2 Å². The third kappa shape index (κ3) is 4.90. The van der Waals surface area contributed by atoms with E-state index in [2.05, 4.69) is 10.5 Å². The van der Waals surface area contributed by atoms with Gasteiger partial charge in [0, 0.05) is 19.0 Å². The molecule has 0 spiro atoms. The van der Waals surface area contributed by atoms with Crippen LogP contribution in [0.3, 0.4) is 0 Å². The number of halogens is 3. The van der Waals surface area contributed by atoms with Gasteiger partial charge in [-0.15, -0.1) is 12.4 Å². The average molecular weight is 417 g/mol. The maximum atomic E-state index is 13.1. The van der Waals surface area contributed by atoms with E-state index in [4.69, 9.17) is 10.3 Å². The average Bonchev–Trinajstić information content (AvgIpc) is 2.92. The molecule has 8 nitrogen and oxygen atoms in total. The second kappa shape index (κ2) is 8.59. The largest absolute Gasteiger partial charge is 0.360 e. The second-order valence-corrected chi connectivity index (χ2v) is 7.98. The van der Waals surface area contributed by atoms with E-state index < -0.39 is 40.9 Å². The van der Waals surface area contributed by atoms with Gasteiger partial charge in [0.15, 0.2) is 5.76 Å². The molecule has 0 saturated carbocycles. The van der Waals surface area contributed by atoms with Crippen LogP contribution in [0.4, 0.5) is 8.78 Å². The summed E-state index contributed by atoms with van der Waals surface area (Å²) in [5.74, 6) is -3.96. The van der Waals surface area contributed by atoms with Crippen molar-refractivity contribution in [1.82, 2.24) is 14.8 Å². The van der Waals surface area contributed by atoms with Crippen LogP contribution in [0.2, 0.25) is 0 Å². The molecule has 1 fully saturated rings. The number of piperidine rings is 1. The minimum absolute atomic E-state index is 0. The SMILES string of the molecule is Cc1noc(C)c1S(=O)(=O)N1CCC(C(=O)NCC(F)(F)CN)CC1.Cl. The van der Waals surface area contributed by atoms with Crippen molar-refractivity contribution in [3.8, 4) is 0 Å². The predicted octanol–water partition coefficient (Wildman–Crippen LogP) is 0.824. The molecule has 0 unspecified atom stereocenters. The van der Waals surface area contributed by atoms with Crippen molar-refractivity contribution < 1.29 is 26.5 Å².